The summed E-state index contributed by atoms with van der Waals surface area (Å²) in [6.07, 6.45) is 1.16. The fourth-order valence-electron chi connectivity index (χ4n) is 4.13. The molecule has 2 atom stereocenters. The van der Waals surface area contributed by atoms with Crippen molar-refractivity contribution in [2.24, 2.45) is 11.8 Å². The topological polar surface area (TPSA) is 59.2 Å². The van der Waals surface area contributed by atoms with E-state index < -0.39 is 0 Å². The van der Waals surface area contributed by atoms with Gasteiger partial charge >= 0.3 is 0 Å². The molecule has 1 fully saturated rings. The molecule has 5 heteroatoms. The Morgan fingerprint density at radius 2 is 1.78 bits per heavy atom. The Labute approximate surface area is 159 Å². The van der Waals surface area contributed by atoms with Gasteiger partial charge in [0, 0.05) is 18.7 Å². The maximum absolute atomic E-state index is 13.4. The molecule has 0 spiro atoms. The van der Waals surface area contributed by atoms with Crippen LogP contribution in [0.4, 0.5) is 0 Å². The van der Waals surface area contributed by atoms with Gasteiger partial charge in [0.05, 0.1) is 22.3 Å². The average molecular weight is 363 g/mol. The Morgan fingerprint density at radius 1 is 1.11 bits per heavy atom. The highest BCUT2D eigenvalue weighted by atomic mass is 16.5. The van der Waals surface area contributed by atoms with Crippen LogP contribution >= 0.6 is 0 Å². The average Bonchev–Trinajstić information content (AvgIpc) is 3.01. The molecular formula is C22H25N3O2. The van der Waals surface area contributed by atoms with Gasteiger partial charge in [-0.05, 0) is 38.2 Å². The molecule has 3 heterocycles. The van der Waals surface area contributed by atoms with E-state index in [0.717, 1.165) is 36.2 Å². The summed E-state index contributed by atoms with van der Waals surface area (Å²) in [5, 5.41) is 4.78. The van der Waals surface area contributed by atoms with Crippen LogP contribution < -0.4 is 0 Å². The predicted molar refractivity (Wildman–Crippen MR) is 106 cm³/mol. The highest BCUT2D eigenvalue weighted by molar-refractivity contribution is 6.07. The number of hydrogen-bond donors (Lipinski definition) is 0. The molecule has 140 valence electrons. The van der Waals surface area contributed by atoms with Crippen molar-refractivity contribution in [3.63, 3.8) is 0 Å². The van der Waals surface area contributed by atoms with Gasteiger partial charge in [0.15, 0.2) is 0 Å². The first-order valence-corrected chi connectivity index (χ1v) is 9.55. The molecule has 0 N–H and O–H groups in total. The Morgan fingerprint density at radius 3 is 2.44 bits per heavy atom. The number of fused-ring (bicyclic) bond motifs is 1. The summed E-state index contributed by atoms with van der Waals surface area (Å²) < 4.78 is 5.42. The number of likely N-dealkylation sites (tertiary alicyclic amines) is 1. The first-order valence-electron chi connectivity index (χ1n) is 9.55. The number of piperidine rings is 1. The number of carbonyl (C=O) groups is 1. The van der Waals surface area contributed by atoms with Crippen LogP contribution in [0.3, 0.4) is 0 Å². The maximum Gasteiger partial charge on any atom is 0.259 e. The van der Waals surface area contributed by atoms with Crippen molar-refractivity contribution < 1.29 is 9.32 Å². The van der Waals surface area contributed by atoms with E-state index in [9.17, 15) is 4.79 Å². The van der Waals surface area contributed by atoms with Crippen LogP contribution in [0.5, 0.6) is 0 Å². The monoisotopic (exact) mass is 363 g/mol. The van der Waals surface area contributed by atoms with Gasteiger partial charge in [-0.2, -0.15) is 0 Å². The third kappa shape index (κ3) is 3.34. The van der Waals surface area contributed by atoms with Crippen molar-refractivity contribution in [2.45, 2.75) is 34.1 Å². The molecule has 3 aromatic rings. The number of pyridine rings is 1. The van der Waals surface area contributed by atoms with Crippen molar-refractivity contribution in [1.29, 1.82) is 0 Å². The van der Waals surface area contributed by atoms with Crippen molar-refractivity contribution in [1.82, 2.24) is 15.0 Å². The molecule has 0 aliphatic carbocycles. The second-order valence-corrected chi connectivity index (χ2v) is 8.03. The second kappa shape index (κ2) is 6.80. The van der Waals surface area contributed by atoms with Crippen molar-refractivity contribution in [3.05, 3.63) is 47.2 Å². The molecule has 2 aromatic heterocycles. The summed E-state index contributed by atoms with van der Waals surface area (Å²) in [7, 11) is 0. The standard InChI is InChI=1S/C22H25N3O2/c1-13-5-7-17(8-6-13)19-10-18(20-16(4)24-27-21(20)23-19)22(26)25-11-14(2)9-15(3)12-25/h5-8,10,14-15H,9,11-12H2,1-4H3. The van der Waals surface area contributed by atoms with E-state index >= 15 is 0 Å². The van der Waals surface area contributed by atoms with Crippen LogP contribution in [-0.2, 0) is 0 Å². The zero-order chi connectivity index (χ0) is 19.1. The van der Waals surface area contributed by atoms with Gasteiger partial charge in [-0.15, -0.1) is 0 Å². The minimum Gasteiger partial charge on any atom is -0.338 e. The lowest BCUT2D eigenvalue weighted by molar-refractivity contribution is 0.0625. The van der Waals surface area contributed by atoms with E-state index in [-0.39, 0.29) is 5.91 Å². The predicted octanol–water partition coefficient (Wildman–Crippen LogP) is 4.62. The highest BCUT2D eigenvalue weighted by Gasteiger charge is 2.29. The number of amides is 1. The van der Waals surface area contributed by atoms with Gasteiger partial charge in [0.2, 0.25) is 0 Å². The highest BCUT2D eigenvalue weighted by Crippen LogP contribution is 2.30. The molecule has 0 bridgehead atoms. The molecule has 5 nitrogen and oxygen atoms in total. The Bertz CT molecular complexity index is 981. The number of carbonyl (C=O) groups excluding carboxylic acids is 1. The summed E-state index contributed by atoms with van der Waals surface area (Å²) in [5.74, 6) is 1.06. The fraction of sp³-hybridized carbons (Fsp3) is 0.409. The summed E-state index contributed by atoms with van der Waals surface area (Å²) in [6, 6.07) is 10.0. The van der Waals surface area contributed by atoms with Gasteiger partial charge in [-0.3, -0.25) is 4.79 Å². The molecular weight excluding hydrogens is 338 g/mol. The van der Waals surface area contributed by atoms with Crippen molar-refractivity contribution in [2.75, 3.05) is 13.1 Å². The van der Waals surface area contributed by atoms with Crippen LogP contribution in [-0.4, -0.2) is 34.0 Å². The first kappa shape index (κ1) is 17.7. The van der Waals surface area contributed by atoms with E-state index in [2.05, 4.69) is 24.0 Å². The van der Waals surface area contributed by atoms with E-state index in [4.69, 9.17) is 4.52 Å². The zero-order valence-electron chi connectivity index (χ0n) is 16.3. The van der Waals surface area contributed by atoms with Gasteiger partial charge in [-0.25, -0.2) is 4.98 Å². The van der Waals surface area contributed by atoms with E-state index in [1.54, 1.807) is 0 Å². The smallest absolute Gasteiger partial charge is 0.259 e. The lowest BCUT2D eigenvalue weighted by Gasteiger charge is -2.35. The number of rotatable bonds is 2. The third-order valence-corrected chi connectivity index (χ3v) is 5.35. The quantitative estimate of drug-likeness (QED) is 0.666. The molecule has 2 unspecified atom stereocenters. The summed E-state index contributed by atoms with van der Waals surface area (Å²) >= 11 is 0. The molecule has 1 aromatic carbocycles. The Hall–Kier alpha value is -2.69. The lowest BCUT2D eigenvalue weighted by atomic mass is 9.91. The largest absolute Gasteiger partial charge is 0.338 e. The summed E-state index contributed by atoms with van der Waals surface area (Å²) in [4.78, 5) is 20.0. The molecule has 1 aliphatic heterocycles. The summed E-state index contributed by atoms with van der Waals surface area (Å²) in [5.41, 5.74) is 4.64. The van der Waals surface area contributed by atoms with E-state index in [1.165, 1.54) is 5.56 Å². The lowest BCUT2D eigenvalue weighted by Crippen LogP contribution is -2.42. The van der Waals surface area contributed by atoms with Crippen LogP contribution in [0.25, 0.3) is 22.4 Å². The van der Waals surface area contributed by atoms with Crippen molar-refractivity contribution in [3.8, 4) is 11.3 Å². The normalized spacial score (nSPS) is 20.2. The summed E-state index contributed by atoms with van der Waals surface area (Å²) in [6.45, 7) is 9.90. The number of nitrogens with zero attached hydrogens (tertiary/aromatic N) is 3. The third-order valence-electron chi connectivity index (χ3n) is 5.35. The number of benzene rings is 1. The molecule has 0 radical (unpaired) electrons. The van der Waals surface area contributed by atoms with Gasteiger partial charge < -0.3 is 9.42 Å². The fourth-order valence-corrected chi connectivity index (χ4v) is 4.13. The molecule has 1 aliphatic rings. The number of hydrogen-bond acceptors (Lipinski definition) is 4. The second-order valence-electron chi connectivity index (χ2n) is 8.03. The van der Waals surface area contributed by atoms with Gasteiger partial charge in [0.1, 0.15) is 0 Å². The number of aryl methyl sites for hydroxylation is 2. The van der Waals surface area contributed by atoms with Crippen LogP contribution in [0.1, 0.15) is 41.9 Å². The first-order chi connectivity index (χ1) is 12.9. The Kier molecular flexibility index (Phi) is 4.46. The van der Waals surface area contributed by atoms with E-state index in [0.29, 0.717) is 28.8 Å². The van der Waals surface area contributed by atoms with Gasteiger partial charge in [0.25, 0.3) is 11.6 Å². The van der Waals surface area contributed by atoms with Crippen molar-refractivity contribution >= 4 is 17.0 Å². The minimum atomic E-state index is 0.0421. The van der Waals surface area contributed by atoms with Crippen LogP contribution in [0.15, 0.2) is 34.9 Å². The molecule has 1 amide bonds. The SMILES string of the molecule is Cc1ccc(-c2cc(C(=O)N3CC(C)CC(C)C3)c3c(C)noc3n2)cc1. The maximum atomic E-state index is 13.4. The van der Waals surface area contributed by atoms with Crippen LogP contribution in [0, 0.1) is 25.7 Å². The molecule has 27 heavy (non-hydrogen) atoms. The molecule has 4 rings (SSSR count). The molecule has 0 saturated carbocycles. The Balaban J connectivity index is 1.81. The van der Waals surface area contributed by atoms with Gasteiger partial charge in [-0.1, -0.05) is 48.8 Å². The van der Waals surface area contributed by atoms with Crippen LogP contribution in [0.2, 0.25) is 0 Å². The zero-order valence-corrected chi connectivity index (χ0v) is 16.3. The minimum absolute atomic E-state index is 0.0421. The number of aromatic nitrogens is 2. The molecule has 1 saturated heterocycles. The van der Waals surface area contributed by atoms with E-state index in [1.807, 2.05) is 49.1 Å².